The highest BCUT2D eigenvalue weighted by atomic mass is 16.5. The number of ether oxygens (including phenoxy) is 1. The van der Waals surface area contributed by atoms with Crippen LogP contribution >= 0.6 is 0 Å². The molecule has 0 heterocycles. The van der Waals surface area contributed by atoms with E-state index in [4.69, 9.17) is 4.74 Å². The first-order valence-electron chi connectivity index (χ1n) is 8.52. The molecule has 1 rings (SSSR count). The minimum absolute atomic E-state index is 0.0398. The normalized spacial score (nSPS) is 10.5. The Morgan fingerprint density at radius 1 is 1.08 bits per heavy atom. The molecule has 24 heavy (non-hydrogen) atoms. The van der Waals surface area contributed by atoms with Gasteiger partial charge in [0.1, 0.15) is 5.75 Å². The molecule has 0 saturated carbocycles. The van der Waals surface area contributed by atoms with Gasteiger partial charge in [-0.2, -0.15) is 0 Å². The van der Waals surface area contributed by atoms with E-state index in [-0.39, 0.29) is 24.9 Å². The first kappa shape index (κ1) is 20.0. The molecule has 0 aliphatic rings. The lowest BCUT2D eigenvalue weighted by atomic mass is 10.3. The zero-order valence-corrected chi connectivity index (χ0v) is 14.9. The largest absolute Gasteiger partial charge is 0.495 e. The molecule has 1 aromatic carbocycles. The number of hydrogen-bond acceptors (Lipinski definition) is 4. The molecule has 1 aromatic rings. The molecule has 2 amide bonds. The van der Waals surface area contributed by atoms with E-state index in [0.717, 1.165) is 19.3 Å². The molecule has 0 atom stereocenters. The van der Waals surface area contributed by atoms with Crippen molar-refractivity contribution in [3.05, 3.63) is 24.3 Å². The summed E-state index contributed by atoms with van der Waals surface area (Å²) in [5.74, 6) is 0.418. The minimum atomic E-state index is -0.158. The lowest BCUT2D eigenvalue weighted by molar-refractivity contribution is -0.123. The third-order valence-electron chi connectivity index (χ3n) is 3.51. The van der Waals surface area contributed by atoms with Crippen LogP contribution in [0.25, 0.3) is 0 Å². The van der Waals surface area contributed by atoms with E-state index in [9.17, 15) is 9.59 Å². The van der Waals surface area contributed by atoms with Gasteiger partial charge >= 0.3 is 0 Å². The van der Waals surface area contributed by atoms with Crippen molar-refractivity contribution >= 4 is 17.5 Å². The van der Waals surface area contributed by atoms with Crippen LogP contribution in [-0.4, -0.2) is 50.0 Å². The summed E-state index contributed by atoms with van der Waals surface area (Å²) in [5.41, 5.74) is 0.633. The van der Waals surface area contributed by atoms with Crippen LogP contribution < -0.4 is 15.4 Å². The Hall–Kier alpha value is -2.08. The highest BCUT2D eigenvalue weighted by Crippen LogP contribution is 2.22. The first-order valence-corrected chi connectivity index (χ1v) is 8.52. The molecule has 0 radical (unpaired) electrons. The van der Waals surface area contributed by atoms with E-state index in [1.165, 1.54) is 0 Å². The van der Waals surface area contributed by atoms with E-state index in [0.29, 0.717) is 24.5 Å². The summed E-state index contributed by atoms with van der Waals surface area (Å²) in [4.78, 5) is 26.1. The van der Waals surface area contributed by atoms with Gasteiger partial charge in [-0.05, 0) is 31.5 Å². The quantitative estimate of drug-likeness (QED) is 0.609. The second-order valence-electron chi connectivity index (χ2n) is 5.66. The monoisotopic (exact) mass is 335 g/mol. The van der Waals surface area contributed by atoms with E-state index >= 15 is 0 Å². The van der Waals surface area contributed by atoms with Gasteiger partial charge < -0.3 is 15.4 Å². The van der Waals surface area contributed by atoms with Crippen molar-refractivity contribution in [2.45, 2.75) is 33.1 Å². The Morgan fingerprint density at radius 2 is 1.79 bits per heavy atom. The number of unbranched alkanes of at least 4 members (excludes halogenated alkanes) is 1. The van der Waals surface area contributed by atoms with E-state index < -0.39 is 0 Å². The number of para-hydroxylation sites is 2. The Bertz CT molecular complexity index is 520. The van der Waals surface area contributed by atoms with Crippen molar-refractivity contribution in [1.29, 1.82) is 0 Å². The fraction of sp³-hybridized carbons (Fsp3) is 0.556. The van der Waals surface area contributed by atoms with Gasteiger partial charge in [0.2, 0.25) is 11.8 Å². The van der Waals surface area contributed by atoms with Crippen LogP contribution in [0.2, 0.25) is 0 Å². The van der Waals surface area contributed by atoms with Gasteiger partial charge in [-0.3, -0.25) is 14.5 Å². The van der Waals surface area contributed by atoms with Crippen LogP contribution in [0.15, 0.2) is 24.3 Å². The molecular weight excluding hydrogens is 306 g/mol. The summed E-state index contributed by atoms with van der Waals surface area (Å²) in [6.45, 7) is 5.89. The summed E-state index contributed by atoms with van der Waals surface area (Å²) in [7, 11) is 1.56. The smallest absolute Gasteiger partial charge is 0.238 e. The molecule has 6 nitrogen and oxygen atoms in total. The van der Waals surface area contributed by atoms with Crippen LogP contribution in [0.5, 0.6) is 5.75 Å². The third-order valence-corrected chi connectivity index (χ3v) is 3.51. The van der Waals surface area contributed by atoms with Gasteiger partial charge in [-0.1, -0.05) is 32.4 Å². The van der Waals surface area contributed by atoms with E-state index in [1.807, 2.05) is 24.0 Å². The molecule has 0 spiro atoms. The molecule has 134 valence electrons. The van der Waals surface area contributed by atoms with Crippen LogP contribution in [-0.2, 0) is 9.59 Å². The topological polar surface area (TPSA) is 70.7 Å². The number of anilines is 1. The Balaban J connectivity index is 2.54. The van der Waals surface area contributed by atoms with E-state index in [2.05, 4.69) is 17.6 Å². The van der Waals surface area contributed by atoms with Gasteiger partial charge in [-0.25, -0.2) is 0 Å². The Morgan fingerprint density at radius 3 is 2.46 bits per heavy atom. The number of carbonyl (C=O) groups is 2. The Labute approximate surface area is 144 Å². The van der Waals surface area contributed by atoms with Crippen molar-refractivity contribution in [1.82, 2.24) is 10.2 Å². The van der Waals surface area contributed by atoms with Crippen LogP contribution in [0.4, 0.5) is 5.69 Å². The number of nitrogens with one attached hydrogen (secondary N) is 2. The zero-order chi connectivity index (χ0) is 17.8. The lowest BCUT2D eigenvalue weighted by Gasteiger charge is -2.21. The second kappa shape index (κ2) is 11.5. The van der Waals surface area contributed by atoms with Crippen LogP contribution in [0.3, 0.4) is 0 Å². The number of amides is 2. The van der Waals surface area contributed by atoms with Crippen LogP contribution in [0.1, 0.15) is 33.1 Å². The molecule has 0 fully saturated rings. The summed E-state index contributed by atoms with van der Waals surface area (Å²) >= 11 is 0. The van der Waals surface area contributed by atoms with Crippen LogP contribution in [0, 0.1) is 0 Å². The second-order valence-corrected chi connectivity index (χ2v) is 5.66. The number of benzene rings is 1. The molecule has 0 unspecified atom stereocenters. The molecule has 0 bridgehead atoms. The molecular formula is C18H29N3O3. The Kier molecular flexibility index (Phi) is 9.53. The summed E-state index contributed by atoms with van der Waals surface area (Å²) in [5, 5.41) is 5.72. The number of rotatable bonds is 11. The van der Waals surface area contributed by atoms with Crippen molar-refractivity contribution in [2.75, 3.05) is 38.6 Å². The lowest BCUT2D eigenvalue weighted by Crippen LogP contribution is -2.41. The van der Waals surface area contributed by atoms with Gasteiger partial charge in [0.25, 0.3) is 0 Å². The number of carbonyl (C=O) groups excluding carboxylic acids is 2. The molecule has 6 heteroatoms. The minimum Gasteiger partial charge on any atom is -0.495 e. The molecule has 2 N–H and O–H groups in total. The molecule has 0 aromatic heterocycles. The molecule has 0 aliphatic heterocycles. The molecule has 0 saturated heterocycles. The predicted molar refractivity (Wildman–Crippen MR) is 96.3 cm³/mol. The van der Waals surface area contributed by atoms with Gasteiger partial charge in [0.15, 0.2) is 0 Å². The number of nitrogens with zero attached hydrogens (tertiary/aromatic N) is 1. The summed E-state index contributed by atoms with van der Waals surface area (Å²) in [6, 6.07) is 7.26. The first-order chi connectivity index (χ1) is 11.6. The van der Waals surface area contributed by atoms with Crippen molar-refractivity contribution in [3.8, 4) is 5.75 Å². The van der Waals surface area contributed by atoms with Crippen molar-refractivity contribution in [2.24, 2.45) is 0 Å². The van der Waals surface area contributed by atoms with Gasteiger partial charge in [0.05, 0.1) is 25.9 Å². The molecule has 0 aliphatic carbocycles. The van der Waals surface area contributed by atoms with Crippen molar-refractivity contribution in [3.63, 3.8) is 0 Å². The average molecular weight is 335 g/mol. The summed E-state index contributed by atoms with van der Waals surface area (Å²) < 4.78 is 5.23. The fourth-order valence-electron chi connectivity index (χ4n) is 2.33. The highest BCUT2D eigenvalue weighted by Gasteiger charge is 2.15. The number of methoxy groups -OCH3 is 1. The van der Waals surface area contributed by atoms with E-state index in [1.54, 1.807) is 19.2 Å². The van der Waals surface area contributed by atoms with Gasteiger partial charge in [0, 0.05) is 6.54 Å². The maximum Gasteiger partial charge on any atom is 0.238 e. The average Bonchev–Trinajstić information content (AvgIpc) is 2.55. The maximum absolute atomic E-state index is 12.3. The summed E-state index contributed by atoms with van der Waals surface area (Å²) in [6.07, 6.45) is 2.89. The zero-order valence-electron chi connectivity index (χ0n) is 14.9. The maximum atomic E-state index is 12.3. The fourth-order valence-corrected chi connectivity index (χ4v) is 2.33. The van der Waals surface area contributed by atoms with Crippen molar-refractivity contribution < 1.29 is 14.3 Å². The number of hydrogen-bond donors (Lipinski definition) is 2. The SMILES string of the molecule is CCCCNC(=O)CN(CCC)CC(=O)Nc1ccccc1OC. The third kappa shape index (κ3) is 7.46. The van der Waals surface area contributed by atoms with Gasteiger partial charge in [-0.15, -0.1) is 0 Å². The predicted octanol–water partition coefficient (Wildman–Crippen LogP) is 2.26. The highest BCUT2D eigenvalue weighted by molar-refractivity contribution is 5.94. The standard InChI is InChI=1S/C18H29N3O3/c1-4-6-11-19-17(22)13-21(12-5-2)14-18(23)20-15-9-7-8-10-16(15)24-3/h7-10H,4-6,11-14H2,1-3H3,(H,19,22)(H,20,23).